The minimum Gasteiger partial charge on any atom is -0.456 e. The van der Waals surface area contributed by atoms with E-state index < -0.39 is 0 Å². The quantitative estimate of drug-likeness (QED) is 0.923. The fourth-order valence-electron chi connectivity index (χ4n) is 2.51. The zero-order valence-corrected chi connectivity index (χ0v) is 12.6. The Balaban J connectivity index is 0.00000161. The van der Waals surface area contributed by atoms with Crippen molar-refractivity contribution in [1.82, 2.24) is 10.2 Å². The van der Waals surface area contributed by atoms with E-state index in [0.717, 1.165) is 18.8 Å². The van der Waals surface area contributed by atoms with Crippen LogP contribution < -0.4 is 10.2 Å². The Morgan fingerprint density at radius 2 is 1.90 bits per heavy atom. The molecule has 0 aromatic heterocycles. The molecule has 1 amide bonds. The van der Waals surface area contributed by atoms with Crippen LogP contribution in [-0.2, 0) is 9.53 Å². The van der Waals surface area contributed by atoms with Crippen molar-refractivity contribution in [1.29, 1.82) is 0 Å². The number of rotatable bonds is 4. The summed E-state index contributed by atoms with van der Waals surface area (Å²) < 4.78 is 5.49. The van der Waals surface area contributed by atoms with Crippen molar-refractivity contribution in [2.24, 2.45) is 0 Å². The van der Waals surface area contributed by atoms with Crippen LogP contribution in [0.4, 0.5) is 5.69 Å². The minimum atomic E-state index is -0.00642. The Morgan fingerprint density at radius 3 is 2.62 bits per heavy atom. The number of ether oxygens (including phenoxy) is 1. The number of carbonyl (C=O) groups excluding carboxylic acids is 1. The van der Waals surface area contributed by atoms with Gasteiger partial charge in [0.05, 0.1) is 12.7 Å². The molecule has 2 heterocycles. The van der Waals surface area contributed by atoms with Gasteiger partial charge in [-0.15, -0.1) is 12.4 Å². The van der Waals surface area contributed by atoms with Crippen molar-refractivity contribution in [3.05, 3.63) is 42.4 Å². The summed E-state index contributed by atoms with van der Waals surface area (Å²) in [5.74, 6) is 0.520. The minimum absolute atomic E-state index is 0. The van der Waals surface area contributed by atoms with E-state index in [2.05, 4.69) is 10.2 Å². The summed E-state index contributed by atoms with van der Waals surface area (Å²) in [5.41, 5.74) is 1.05. The fraction of sp³-hybridized carbons (Fsp3) is 0.400. The number of carbonyl (C=O) groups is 1. The van der Waals surface area contributed by atoms with Gasteiger partial charge in [-0.05, 0) is 38.1 Å². The molecule has 2 aliphatic rings. The van der Waals surface area contributed by atoms with Gasteiger partial charge in [-0.3, -0.25) is 15.0 Å². The largest absolute Gasteiger partial charge is 0.456 e. The number of hydrogen-bond donors (Lipinski definition) is 1. The summed E-state index contributed by atoms with van der Waals surface area (Å²) in [6, 6.07) is 9.95. The lowest BCUT2D eigenvalue weighted by molar-refractivity contribution is -0.122. The fourth-order valence-corrected chi connectivity index (χ4v) is 2.51. The van der Waals surface area contributed by atoms with Crippen molar-refractivity contribution in [3.63, 3.8) is 0 Å². The van der Waals surface area contributed by atoms with E-state index in [-0.39, 0.29) is 18.3 Å². The number of nitrogens with one attached hydrogen (secondary N) is 1. The molecule has 0 spiro atoms. The highest BCUT2D eigenvalue weighted by molar-refractivity contribution is 5.85. The highest BCUT2D eigenvalue weighted by atomic mass is 35.5. The number of para-hydroxylation sites is 1. The molecule has 0 radical (unpaired) electrons. The molecule has 5 nitrogen and oxygen atoms in total. The van der Waals surface area contributed by atoms with Gasteiger partial charge in [-0.2, -0.15) is 0 Å². The molecule has 1 aromatic rings. The van der Waals surface area contributed by atoms with Crippen LogP contribution in [0.5, 0.6) is 0 Å². The van der Waals surface area contributed by atoms with E-state index in [1.165, 1.54) is 12.8 Å². The number of likely N-dealkylation sites (tertiary alicyclic amines) is 1. The molecule has 1 N–H and O–H groups in total. The number of nitrogens with zero attached hydrogens (tertiary/aromatic N) is 2. The average molecular weight is 310 g/mol. The third kappa shape index (κ3) is 4.12. The molecule has 0 bridgehead atoms. The summed E-state index contributed by atoms with van der Waals surface area (Å²) in [6.45, 7) is 2.92. The molecule has 6 heteroatoms. The molecular formula is C15H20ClN3O2. The van der Waals surface area contributed by atoms with Crippen LogP contribution in [0, 0.1) is 0 Å². The highest BCUT2D eigenvalue weighted by Crippen LogP contribution is 2.19. The first kappa shape index (κ1) is 15.7. The van der Waals surface area contributed by atoms with E-state index in [1.54, 1.807) is 0 Å². The van der Waals surface area contributed by atoms with Gasteiger partial charge in [-0.25, -0.2) is 0 Å². The first-order chi connectivity index (χ1) is 9.81. The van der Waals surface area contributed by atoms with Crippen molar-refractivity contribution in [2.45, 2.75) is 12.8 Å². The van der Waals surface area contributed by atoms with Crippen LogP contribution in [0.25, 0.3) is 0 Å². The smallest absolute Gasteiger partial charge is 0.240 e. The molecule has 0 unspecified atom stereocenters. The predicted octanol–water partition coefficient (Wildman–Crippen LogP) is 1.91. The van der Waals surface area contributed by atoms with Gasteiger partial charge in [-0.1, -0.05) is 18.2 Å². The van der Waals surface area contributed by atoms with Crippen LogP contribution in [-0.4, -0.2) is 37.2 Å². The lowest BCUT2D eigenvalue weighted by Crippen LogP contribution is -2.35. The van der Waals surface area contributed by atoms with E-state index in [0.29, 0.717) is 19.2 Å². The number of benzene rings is 1. The second-order valence-electron chi connectivity index (χ2n) is 5.10. The van der Waals surface area contributed by atoms with Gasteiger partial charge in [0.2, 0.25) is 11.8 Å². The Hall–Kier alpha value is -1.72. The standard InChI is InChI=1S/C15H19N3O2.ClH/c19-14(10-17-8-4-5-9-17)16-15-11-18(12-20-15)13-6-2-1-3-7-13;/h1-3,6-7,11H,4-5,8-10,12H2,(H,16,19);1H. The van der Waals surface area contributed by atoms with E-state index in [9.17, 15) is 4.79 Å². The Bertz CT molecular complexity index is 501. The summed E-state index contributed by atoms with van der Waals surface area (Å²) in [5, 5.41) is 2.82. The molecular weight excluding hydrogens is 290 g/mol. The van der Waals surface area contributed by atoms with Crippen LogP contribution >= 0.6 is 12.4 Å². The third-order valence-electron chi connectivity index (χ3n) is 3.55. The monoisotopic (exact) mass is 309 g/mol. The van der Waals surface area contributed by atoms with Crippen molar-refractivity contribution in [2.75, 3.05) is 31.3 Å². The summed E-state index contributed by atoms with van der Waals surface area (Å²) in [4.78, 5) is 16.0. The maximum atomic E-state index is 11.9. The number of anilines is 1. The van der Waals surface area contributed by atoms with Crippen molar-refractivity contribution in [3.8, 4) is 0 Å². The van der Waals surface area contributed by atoms with E-state index in [1.807, 2.05) is 41.4 Å². The Morgan fingerprint density at radius 1 is 1.19 bits per heavy atom. The van der Waals surface area contributed by atoms with Crippen LogP contribution in [0.15, 0.2) is 42.4 Å². The Kier molecular flexibility index (Phi) is 5.47. The molecule has 0 atom stereocenters. The molecule has 1 saturated heterocycles. The molecule has 2 aliphatic heterocycles. The molecule has 21 heavy (non-hydrogen) atoms. The van der Waals surface area contributed by atoms with Crippen molar-refractivity contribution >= 4 is 24.0 Å². The zero-order chi connectivity index (χ0) is 13.8. The number of halogens is 1. The maximum absolute atomic E-state index is 11.9. The topological polar surface area (TPSA) is 44.8 Å². The van der Waals surface area contributed by atoms with Gasteiger partial charge in [0, 0.05) is 5.69 Å². The van der Waals surface area contributed by atoms with Gasteiger partial charge in [0.1, 0.15) is 0 Å². The second kappa shape index (κ2) is 7.33. The normalized spacial score (nSPS) is 17.9. The lowest BCUT2D eigenvalue weighted by Gasteiger charge is -2.13. The van der Waals surface area contributed by atoms with Gasteiger partial charge in [0.25, 0.3) is 0 Å². The van der Waals surface area contributed by atoms with E-state index in [4.69, 9.17) is 4.74 Å². The first-order valence-electron chi connectivity index (χ1n) is 7.00. The Labute approximate surface area is 131 Å². The zero-order valence-electron chi connectivity index (χ0n) is 11.8. The molecule has 1 fully saturated rings. The predicted molar refractivity (Wildman–Crippen MR) is 84.0 cm³/mol. The van der Waals surface area contributed by atoms with Gasteiger partial charge < -0.3 is 9.64 Å². The van der Waals surface area contributed by atoms with Crippen LogP contribution in [0.1, 0.15) is 12.8 Å². The summed E-state index contributed by atoms with van der Waals surface area (Å²) >= 11 is 0. The van der Waals surface area contributed by atoms with Crippen LogP contribution in [0.2, 0.25) is 0 Å². The average Bonchev–Trinajstić information content (AvgIpc) is 3.11. The highest BCUT2D eigenvalue weighted by Gasteiger charge is 2.19. The summed E-state index contributed by atoms with van der Waals surface area (Å²) in [7, 11) is 0. The van der Waals surface area contributed by atoms with Gasteiger partial charge >= 0.3 is 0 Å². The molecule has 0 saturated carbocycles. The van der Waals surface area contributed by atoms with Crippen LogP contribution in [0.3, 0.4) is 0 Å². The summed E-state index contributed by atoms with van der Waals surface area (Å²) in [6.07, 6.45) is 4.21. The van der Waals surface area contributed by atoms with Crippen molar-refractivity contribution < 1.29 is 9.53 Å². The second-order valence-corrected chi connectivity index (χ2v) is 5.10. The molecule has 0 aliphatic carbocycles. The number of amides is 1. The number of hydrogen-bond acceptors (Lipinski definition) is 4. The first-order valence-corrected chi connectivity index (χ1v) is 7.00. The third-order valence-corrected chi connectivity index (χ3v) is 3.55. The molecule has 3 rings (SSSR count). The molecule has 1 aromatic carbocycles. The maximum Gasteiger partial charge on any atom is 0.240 e. The van der Waals surface area contributed by atoms with E-state index >= 15 is 0 Å². The molecule has 114 valence electrons. The lowest BCUT2D eigenvalue weighted by atomic mass is 10.3. The SMILES string of the molecule is Cl.O=C(CN1CCCC1)NC1=CN(c2ccccc2)CO1. The van der Waals surface area contributed by atoms with Gasteiger partial charge in [0.15, 0.2) is 6.73 Å².